The second-order valence-electron chi connectivity index (χ2n) is 5.11. The molecule has 2 fully saturated rings. The third kappa shape index (κ3) is 2.46. The minimum atomic E-state index is -0.271. The summed E-state index contributed by atoms with van der Waals surface area (Å²) in [6.07, 6.45) is 3.65. The molecule has 5 heteroatoms. The van der Waals surface area contributed by atoms with E-state index in [2.05, 4.69) is 16.8 Å². The highest BCUT2D eigenvalue weighted by Crippen LogP contribution is 2.29. The lowest BCUT2D eigenvalue weighted by Crippen LogP contribution is -2.50. The van der Waals surface area contributed by atoms with Crippen molar-refractivity contribution in [1.29, 1.82) is 0 Å². The van der Waals surface area contributed by atoms with E-state index in [-0.39, 0.29) is 12.0 Å². The van der Waals surface area contributed by atoms with Gasteiger partial charge in [-0.25, -0.2) is 0 Å². The molecule has 0 radical (unpaired) electrons. The summed E-state index contributed by atoms with van der Waals surface area (Å²) in [6.45, 7) is 2.22. The Morgan fingerprint density at radius 2 is 2.12 bits per heavy atom. The van der Waals surface area contributed by atoms with Crippen LogP contribution in [0.2, 0.25) is 0 Å². The Labute approximate surface area is 103 Å². The minimum Gasteiger partial charge on any atom is -0.468 e. The van der Waals surface area contributed by atoms with Gasteiger partial charge in [0.2, 0.25) is 0 Å². The molecule has 3 atom stereocenters. The fourth-order valence-corrected chi connectivity index (χ4v) is 3.15. The van der Waals surface area contributed by atoms with E-state index >= 15 is 0 Å². The zero-order chi connectivity index (χ0) is 12.4. The van der Waals surface area contributed by atoms with Gasteiger partial charge in [0.15, 0.2) is 0 Å². The van der Waals surface area contributed by atoms with Gasteiger partial charge in [-0.1, -0.05) is 0 Å². The van der Waals surface area contributed by atoms with Crippen LogP contribution in [0.15, 0.2) is 0 Å². The van der Waals surface area contributed by atoms with Gasteiger partial charge in [-0.15, -0.1) is 0 Å². The van der Waals surface area contributed by atoms with Crippen LogP contribution in [-0.4, -0.2) is 67.7 Å². The van der Waals surface area contributed by atoms with Crippen LogP contribution in [-0.2, 0) is 9.53 Å². The molecule has 2 aliphatic heterocycles. The highest BCUT2D eigenvalue weighted by atomic mass is 16.5. The van der Waals surface area contributed by atoms with Crippen LogP contribution in [0.25, 0.3) is 0 Å². The van der Waals surface area contributed by atoms with Gasteiger partial charge >= 0.3 is 5.97 Å². The number of fused-ring (bicyclic) bond motifs is 2. The van der Waals surface area contributed by atoms with Gasteiger partial charge in [-0.05, 0) is 26.3 Å². The average Bonchev–Trinajstić information content (AvgIpc) is 2.56. The second-order valence-corrected chi connectivity index (χ2v) is 5.11. The zero-order valence-corrected chi connectivity index (χ0v) is 10.8. The molecule has 17 heavy (non-hydrogen) atoms. The summed E-state index contributed by atoms with van der Waals surface area (Å²) < 4.78 is 4.83. The number of likely N-dealkylation sites (tertiary alicyclic amines) is 1. The van der Waals surface area contributed by atoms with Crippen LogP contribution >= 0.6 is 0 Å². The lowest BCUT2D eigenvalue weighted by atomic mass is 10.1. The van der Waals surface area contributed by atoms with Gasteiger partial charge in [0.05, 0.1) is 7.11 Å². The quantitative estimate of drug-likeness (QED) is 0.685. The van der Waals surface area contributed by atoms with Crippen LogP contribution in [0, 0.1) is 0 Å². The lowest BCUT2D eigenvalue weighted by molar-refractivity contribution is -0.146. The topological polar surface area (TPSA) is 58.8 Å². The summed E-state index contributed by atoms with van der Waals surface area (Å²) in [5.41, 5.74) is 5.71. The number of nitrogens with zero attached hydrogens (tertiary/aromatic N) is 2. The highest BCUT2D eigenvalue weighted by molar-refractivity contribution is 5.75. The second kappa shape index (κ2) is 5.33. The monoisotopic (exact) mass is 241 g/mol. The Bertz CT molecular complexity index is 285. The number of likely N-dealkylation sites (N-methyl/N-ethyl adjacent to an activating group) is 1. The molecule has 0 spiro atoms. The number of methoxy groups -OCH3 is 1. The van der Waals surface area contributed by atoms with Gasteiger partial charge in [-0.3, -0.25) is 14.6 Å². The number of esters is 1. The smallest absolute Gasteiger partial charge is 0.324 e. The molecule has 0 aromatic rings. The maximum absolute atomic E-state index is 11.7. The molecule has 2 rings (SSSR count). The molecule has 2 aliphatic rings. The molecule has 5 nitrogen and oxygen atoms in total. The van der Waals surface area contributed by atoms with Crippen LogP contribution in [0.1, 0.15) is 19.3 Å². The number of rotatable bonds is 3. The minimum absolute atomic E-state index is 0.201. The summed E-state index contributed by atoms with van der Waals surface area (Å²) in [6, 6.07) is 0.982. The molecular formula is C12H23N3O2. The van der Waals surface area contributed by atoms with E-state index in [1.54, 1.807) is 0 Å². The molecule has 0 aromatic carbocycles. The summed E-state index contributed by atoms with van der Waals surface area (Å²) in [5.74, 6) is -0.201. The SMILES string of the molecule is COC(=O)C(CN)N1CCC2CCC(C1)N2C. The van der Waals surface area contributed by atoms with Crippen molar-refractivity contribution in [3.05, 3.63) is 0 Å². The number of hydrogen-bond donors (Lipinski definition) is 1. The number of carbonyl (C=O) groups excluding carboxylic acids is 1. The normalized spacial score (nSPS) is 32.2. The van der Waals surface area contributed by atoms with Gasteiger partial charge < -0.3 is 10.5 Å². The van der Waals surface area contributed by atoms with Gasteiger partial charge in [0, 0.05) is 31.7 Å². The van der Waals surface area contributed by atoms with Gasteiger partial charge in [0.1, 0.15) is 6.04 Å². The zero-order valence-electron chi connectivity index (χ0n) is 10.8. The fraction of sp³-hybridized carbons (Fsp3) is 0.917. The van der Waals surface area contributed by atoms with Crippen molar-refractivity contribution in [2.75, 3.05) is 33.8 Å². The Balaban J connectivity index is 2.04. The predicted molar refractivity (Wildman–Crippen MR) is 65.6 cm³/mol. The number of ether oxygens (including phenoxy) is 1. The first-order valence-corrected chi connectivity index (χ1v) is 6.41. The van der Waals surface area contributed by atoms with Crippen molar-refractivity contribution in [2.45, 2.75) is 37.4 Å². The Morgan fingerprint density at radius 3 is 2.76 bits per heavy atom. The lowest BCUT2D eigenvalue weighted by Gasteiger charge is -2.30. The van der Waals surface area contributed by atoms with Crippen LogP contribution in [0.4, 0.5) is 0 Å². The fourth-order valence-electron chi connectivity index (χ4n) is 3.15. The highest BCUT2D eigenvalue weighted by Gasteiger charge is 2.38. The molecule has 2 N–H and O–H groups in total. The Hall–Kier alpha value is -0.650. The third-order valence-electron chi connectivity index (χ3n) is 4.32. The molecular weight excluding hydrogens is 218 g/mol. The third-order valence-corrected chi connectivity index (χ3v) is 4.32. The van der Waals surface area contributed by atoms with Crippen LogP contribution < -0.4 is 5.73 Å². The first-order valence-electron chi connectivity index (χ1n) is 6.41. The number of hydrogen-bond acceptors (Lipinski definition) is 5. The summed E-state index contributed by atoms with van der Waals surface area (Å²) in [5, 5.41) is 0. The Kier molecular flexibility index (Phi) is 4.01. The molecule has 98 valence electrons. The number of nitrogens with two attached hydrogens (primary N) is 1. The van der Waals surface area contributed by atoms with E-state index in [1.807, 2.05) is 0 Å². The molecule has 0 aromatic heterocycles. The summed E-state index contributed by atoms with van der Waals surface area (Å²) in [4.78, 5) is 16.3. The summed E-state index contributed by atoms with van der Waals surface area (Å²) >= 11 is 0. The first-order chi connectivity index (χ1) is 8.17. The van der Waals surface area contributed by atoms with Crippen molar-refractivity contribution in [1.82, 2.24) is 9.80 Å². The van der Waals surface area contributed by atoms with E-state index in [4.69, 9.17) is 10.5 Å². The van der Waals surface area contributed by atoms with Crippen molar-refractivity contribution in [3.8, 4) is 0 Å². The van der Waals surface area contributed by atoms with Gasteiger partial charge in [-0.2, -0.15) is 0 Å². The molecule has 2 heterocycles. The average molecular weight is 241 g/mol. The van der Waals surface area contributed by atoms with E-state index in [0.29, 0.717) is 18.6 Å². The van der Waals surface area contributed by atoms with E-state index in [1.165, 1.54) is 20.0 Å². The first kappa shape index (κ1) is 12.8. The largest absolute Gasteiger partial charge is 0.468 e. The predicted octanol–water partition coefficient (Wildman–Crippen LogP) is -0.345. The summed E-state index contributed by atoms with van der Waals surface area (Å²) in [7, 11) is 3.63. The van der Waals surface area contributed by atoms with Crippen LogP contribution in [0.3, 0.4) is 0 Å². The maximum atomic E-state index is 11.7. The number of carbonyl (C=O) groups is 1. The standard InChI is InChI=1S/C12H23N3O2/c1-14-9-3-4-10(14)8-15(6-5-9)11(7-13)12(16)17-2/h9-11H,3-8,13H2,1-2H3. The van der Waals surface area contributed by atoms with Crippen molar-refractivity contribution >= 4 is 5.97 Å². The van der Waals surface area contributed by atoms with Crippen LogP contribution in [0.5, 0.6) is 0 Å². The molecule has 2 saturated heterocycles. The molecule has 0 saturated carbocycles. The van der Waals surface area contributed by atoms with Gasteiger partial charge in [0.25, 0.3) is 0 Å². The maximum Gasteiger partial charge on any atom is 0.324 e. The van der Waals surface area contributed by atoms with E-state index < -0.39 is 0 Å². The van der Waals surface area contributed by atoms with E-state index in [0.717, 1.165) is 19.5 Å². The van der Waals surface area contributed by atoms with E-state index in [9.17, 15) is 4.79 Å². The molecule has 0 aliphatic carbocycles. The van der Waals surface area contributed by atoms with Crippen molar-refractivity contribution in [2.24, 2.45) is 5.73 Å². The van der Waals surface area contributed by atoms with Crippen molar-refractivity contribution < 1.29 is 9.53 Å². The van der Waals surface area contributed by atoms with Crippen molar-refractivity contribution in [3.63, 3.8) is 0 Å². The molecule has 2 bridgehead atoms. The molecule has 0 amide bonds. The molecule has 3 unspecified atom stereocenters. The Morgan fingerprint density at radius 1 is 1.41 bits per heavy atom.